The topological polar surface area (TPSA) is 87.7 Å². The number of carbonyl (C=O) groups is 3. The molecule has 146 valence electrons. The minimum absolute atomic E-state index is 0.0308. The number of hydrogen-bond donors (Lipinski definition) is 2. The van der Waals surface area contributed by atoms with Gasteiger partial charge in [-0.25, -0.2) is 0 Å². The summed E-state index contributed by atoms with van der Waals surface area (Å²) in [6, 6.07) is 3.59. The average Bonchev–Trinajstić information content (AvgIpc) is 2.55. The predicted octanol–water partition coefficient (Wildman–Crippen LogP) is 2.15. The van der Waals surface area contributed by atoms with Crippen LogP contribution in [0.2, 0.25) is 10.0 Å². The van der Waals surface area contributed by atoms with Crippen LogP contribution in [-0.4, -0.2) is 53.0 Å². The van der Waals surface area contributed by atoms with Gasteiger partial charge >= 0.3 is 5.97 Å². The fourth-order valence-electron chi connectivity index (χ4n) is 2.54. The van der Waals surface area contributed by atoms with E-state index < -0.39 is 17.9 Å². The summed E-state index contributed by atoms with van der Waals surface area (Å²) in [5.41, 5.74) is 0.195. The van der Waals surface area contributed by atoms with Crippen molar-refractivity contribution in [3.63, 3.8) is 0 Å². The number of ether oxygens (including phenoxy) is 1. The Morgan fingerprint density at radius 2 is 2.11 bits per heavy atom. The van der Waals surface area contributed by atoms with Crippen molar-refractivity contribution in [2.24, 2.45) is 0 Å². The van der Waals surface area contributed by atoms with Crippen LogP contribution in [0.1, 0.15) is 30.6 Å². The molecule has 2 rings (SSSR count). The van der Waals surface area contributed by atoms with Gasteiger partial charge in [0.1, 0.15) is 6.04 Å². The molecule has 1 fully saturated rings. The third kappa shape index (κ3) is 5.79. The SMILES string of the molecule is CC(C)OC(=O)C[C@H]1C(=O)NCCN1C(=S)NC(=O)c1ccc(Cl)cc1Cl. The first-order valence-electron chi connectivity index (χ1n) is 8.23. The summed E-state index contributed by atoms with van der Waals surface area (Å²) in [5, 5.41) is 5.84. The maximum Gasteiger partial charge on any atom is 0.308 e. The van der Waals surface area contributed by atoms with Crippen LogP contribution in [0, 0.1) is 0 Å². The molecule has 10 heteroatoms. The van der Waals surface area contributed by atoms with Crippen LogP contribution in [-0.2, 0) is 14.3 Å². The van der Waals surface area contributed by atoms with E-state index in [0.717, 1.165) is 0 Å². The molecule has 1 saturated heterocycles. The first-order chi connectivity index (χ1) is 12.7. The fourth-order valence-corrected chi connectivity index (χ4v) is 3.35. The van der Waals surface area contributed by atoms with Gasteiger partial charge < -0.3 is 15.0 Å². The van der Waals surface area contributed by atoms with Crippen molar-refractivity contribution in [3.05, 3.63) is 33.8 Å². The Bertz CT molecular complexity index is 773. The molecule has 0 saturated carbocycles. The lowest BCUT2D eigenvalue weighted by atomic mass is 10.1. The van der Waals surface area contributed by atoms with Crippen LogP contribution in [0.25, 0.3) is 0 Å². The normalized spacial score (nSPS) is 16.7. The Morgan fingerprint density at radius 3 is 2.74 bits per heavy atom. The molecule has 0 unspecified atom stereocenters. The van der Waals surface area contributed by atoms with Crippen molar-refractivity contribution in [3.8, 4) is 0 Å². The second-order valence-electron chi connectivity index (χ2n) is 6.13. The van der Waals surface area contributed by atoms with Crippen LogP contribution < -0.4 is 10.6 Å². The number of nitrogens with zero attached hydrogens (tertiary/aromatic N) is 1. The highest BCUT2D eigenvalue weighted by atomic mass is 35.5. The van der Waals surface area contributed by atoms with Crippen LogP contribution in [0.15, 0.2) is 18.2 Å². The van der Waals surface area contributed by atoms with Gasteiger partial charge in [0.05, 0.1) is 23.1 Å². The molecular formula is C17H19Cl2N3O4S. The number of benzene rings is 1. The third-order valence-corrected chi connectivity index (χ3v) is 4.60. The maximum atomic E-state index is 12.4. The Morgan fingerprint density at radius 1 is 1.41 bits per heavy atom. The molecule has 2 N–H and O–H groups in total. The Hall–Kier alpha value is -1.90. The number of piperazine rings is 1. The molecule has 1 aliphatic rings. The highest BCUT2D eigenvalue weighted by molar-refractivity contribution is 7.80. The van der Waals surface area contributed by atoms with Crippen molar-refractivity contribution in [2.45, 2.75) is 32.4 Å². The number of halogens is 2. The van der Waals surface area contributed by atoms with Crippen molar-refractivity contribution in [1.29, 1.82) is 0 Å². The molecule has 2 amide bonds. The molecule has 1 aromatic carbocycles. The molecule has 27 heavy (non-hydrogen) atoms. The first-order valence-corrected chi connectivity index (χ1v) is 9.39. The number of rotatable bonds is 4. The second-order valence-corrected chi connectivity index (χ2v) is 7.36. The zero-order chi connectivity index (χ0) is 20.1. The zero-order valence-corrected chi connectivity index (χ0v) is 17.1. The van der Waals surface area contributed by atoms with Gasteiger partial charge in [0.15, 0.2) is 5.11 Å². The Kier molecular flexibility index (Phi) is 7.41. The molecule has 0 spiro atoms. The number of hydrogen-bond acceptors (Lipinski definition) is 5. The van der Waals surface area contributed by atoms with E-state index in [4.69, 9.17) is 40.2 Å². The molecule has 1 aliphatic heterocycles. The summed E-state index contributed by atoms with van der Waals surface area (Å²) in [4.78, 5) is 38.1. The van der Waals surface area contributed by atoms with E-state index in [-0.39, 0.29) is 34.1 Å². The maximum absolute atomic E-state index is 12.4. The van der Waals surface area contributed by atoms with Crippen LogP contribution >= 0.6 is 35.4 Å². The number of thiocarbonyl (C=S) groups is 1. The van der Waals surface area contributed by atoms with E-state index in [2.05, 4.69) is 10.6 Å². The molecule has 0 aromatic heterocycles. The quantitative estimate of drug-likeness (QED) is 0.560. The largest absolute Gasteiger partial charge is 0.463 e. The smallest absolute Gasteiger partial charge is 0.308 e. The van der Waals surface area contributed by atoms with E-state index in [1.807, 2.05) is 0 Å². The molecule has 1 atom stereocenters. The molecule has 1 heterocycles. The van der Waals surface area contributed by atoms with Gasteiger partial charge in [0.25, 0.3) is 5.91 Å². The van der Waals surface area contributed by atoms with Gasteiger partial charge in [-0.05, 0) is 44.3 Å². The minimum Gasteiger partial charge on any atom is -0.463 e. The summed E-state index contributed by atoms with van der Waals surface area (Å²) < 4.78 is 5.10. The van der Waals surface area contributed by atoms with E-state index in [1.54, 1.807) is 13.8 Å². The van der Waals surface area contributed by atoms with E-state index in [9.17, 15) is 14.4 Å². The number of carbonyl (C=O) groups excluding carboxylic acids is 3. The van der Waals surface area contributed by atoms with E-state index >= 15 is 0 Å². The molecule has 1 aromatic rings. The molecule has 0 aliphatic carbocycles. The lowest BCUT2D eigenvalue weighted by molar-refractivity contribution is -0.150. The second kappa shape index (κ2) is 9.34. The van der Waals surface area contributed by atoms with Crippen molar-refractivity contribution < 1.29 is 19.1 Å². The van der Waals surface area contributed by atoms with E-state index in [0.29, 0.717) is 18.1 Å². The number of esters is 1. The Labute approximate surface area is 172 Å². The highest BCUT2D eigenvalue weighted by Gasteiger charge is 2.34. The van der Waals surface area contributed by atoms with Crippen molar-refractivity contribution in [1.82, 2.24) is 15.5 Å². The van der Waals surface area contributed by atoms with Gasteiger partial charge in [-0.15, -0.1) is 0 Å². The zero-order valence-electron chi connectivity index (χ0n) is 14.8. The van der Waals surface area contributed by atoms with Crippen LogP contribution in [0.3, 0.4) is 0 Å². The lowest BCUT2D eigenvalue weighted by Gasteiger charge is -2.36. The summed E-state index contributed by atoms with van der Waals surface area (Å²) >= 11 is 17.1. The van der Waals surface area contributed by atoms with Gasteiger partial charge in [0.2, 0.25) is 5.91 Å². The van der Waals surface area contributed by atoms with Gasteiger partial charge in [-0.1, -0.05) is 23.2 Å². The lowest BCUT2D eigenvalue weighted by Crippen LogP contribution is -2.60. The summed E-state index contributed by atoms with van der Waals surface area (Å²) in [6.45, 7) is 4.12. The van der Waals surface area contributed by atoms with E-state index in [1.165, 1.54) is 23.1 Å². The summed E-state index contributed by atoms with van der Waals surface area (Å²) in [6.07, 6.45) is -0.474. The fraction of sp³-hybridized carbons (Fsp3) is 0.412. The van der Waals surface area contributed by atoms with Gasteiger partial charge in [0, 0.05) is 18.1 Å². The van der Waals surface area contributed by atoms with Crippen molar-refractivity contribution in [2.75, 3.05) is 13.1 Å². The monoisotopic (exact) mass is 431 g/mol. The standard InChI is InChI=1S/C17H19Cl2N3O4S/c1-9(2)26-14(23)8-13-16(25)20-5-6-22(13)17(27)21-15(24)11-4-3-10(18)7-12(11)19/h3-4,7,9,13H,5-6,8H2,1-2H3,(H,20,25)(H,21,24,27)/t13-/m0/s1. The molecule has 7 nitrogen and oxygen atoms in total. The number of nitrogens with one attached hydrogen (secondary N) is 2. The third-order valence-electron chi connectivity index (χ3n) is 3.72. The summed E-state index contributed by atoms with van der Waals surface area (Å²) in [5.74, 6) is -1.41. The van der Waals surface area contributed by atoms with Crippen LogP contribution in [0.5, 0.6) is 0 Å². The highest BCUT2D eigenvalue weighted by Crippen LogP contribution is 2.21. The van der Waals surface area contributed by atoms with Crippen LogP contribution in [0.4, 0.5) is 0 Å². The minimum atomic E-state index is -0.863. The van der Waals surface area contributed by atoms with Gasteiger partial charge in [-0.3, -0.25) is 19.7 Å². The Balaban J connectivity index is 2.10. The van der Waals surface area contributed by atoms with Gasteiger partial charge in [-0.2, -0.15) is 0 Å². The summed E-state index contributed by atoms with van der Waals surface area (Å²) in [7, 11) is 0. The first kappa shape index (κ1) is 21.4. The molecule has 0 bridgehead atoms. The molecular weight excluding hydrogens is 413 g/mol. The van der Waals surface area contributed by atoms with Crippen molar-refractivity contribution >= 4 is 58.3 Å². The number of amides is 2. The average molecular weight is 432 g/mol. The predicted molar refractivity (Wildman–Crippen MR) is 106 cm³/mol. The molecule has 0 radical (unpaired) electrons.